The summed E-state index contributed by atoms with van der Waals surface area (Å²) in [6, 6.07) is 9.01. The van der Waals surface area contributed by atoms with Gasteiger partial charge in [-0.15, -0.1) is 10.2 Å². The average Bonchev–Trinajstić information content (AvgIpc) is 3.20. The Bertz CT molecular complexity index is 1040. The highest BCUT2D eigenvalue weighted by molar-refractivity contribution is 6.31. The maximum absolute atomic E-state index is 12.9. The van der Waals surface area contributed by atoms with Gasteiger partial charge in [0.15, 0.2) is 11.6 Å². The van der Waals surface area contributed by atoms with Gasteiger partial charge in [0.2, 0.25) is 5.91 Å². The van der Waals surface area contributed by atoms with Crippen molar-refractivity contribution in [2.75, 3.05) is 30.4 Å². The summed E-state index contributed by atoms with van der Waals surface area (Å²) in [6.07, 6.45) is 5.29. The molecular weight excluding hydrogens is 404 g/mol. The van der Waals surface area contributed by atoms with Crippen LogP contribution >= 0.6 is 11.6 Å². The van der Waals surface area contributed by atoms with E-state index >= 15 is 0 Å². The minimum Gasteiger partial charge on any atom is -0.495 e. The average molecular weight is 427 g/mol. The number of rotatable bonds is 5. The third-order valence-corrected chi connectivity index (χ3v) is 5.48. The van der Waals surface area contributed by atoms with E-state index in [4.69, 9.17) is 16.3 Å². The largest absolute Gasteiger partial charge is 0.495 e. The highest BCUT2D eigenvalue weighted by Crippen LogP contribution is 2.29. The van der Waals surface area contributed by atoms with Crippen LogP contribution in [0.5, 0.6) is 5.75 Å². The van der Waals surface area contributed by atoms with Gasteiger partial charge in [0.1, 0.15) is 11.6 Å². The molecular formula is C21H23ClN6O2. The van der Waals surface area contributed by atoms with Crippen molar-refractivity contribution in [3.05, 3.63) is 53.6 Å². The summed E-state index contributed by atoms with van der Waals surface area (Å²) in [5.74, 6) is 2.68. The number of anilines is 2. The van der Waals surface area contributed by atoms with Gasteiger partial charge in [-0.1, -0.05) is 11.6 Å². The van der Waals surface area contributed by atoms with Gasteiger partial charge in [0, 0.05) is 30.5 Å². The molecule has 1 N–H and O–H groups in total. The Morgan fingerprint density at radius 3 is 2.73 bits per heavy atom. The Hall–Kier alpha value is -3.13. The summed E-state index contributed by atoms with van der Waals surface area (Å²) in [7, 11) is 1.56. The molecule has 1 aliphatic rings. The van der Waals surface area contributed by atoms with E-state index in [-0.39, 0.29) is 11.8 Å². The van der Waals surface area contributed by atoms with Crippen LogP contribution in [0, 0.1) is 12.8 Å². The number of benzene rings is 1. The second-order valence-electron chi connectivity index (χ2n) is 7.21. The molecule has 30 heavy (non-hydrogen) atoms. The Morgan fingerprint density at radius 1 is 1.23 bits per heavy atom. The molecule has 156 valence electrons. The Labute approximate surface area is 179 Å². The second kappa shape index (κ2) is 8.71. The molecule has 1 unspecified atom stereocenters. The number of hydrogen-bond acceptors (Lipinski definition) is 6. The fraction of sp³-hybridized carbons (Fsp3) is 0.333. The summed E-state index contributed by atoms with van der Waals surface area (Å²) in [6.45, 7) is 3.33. The van der Waals surface area contributed by atoms with Crippen LogP contribution in [0.15, 0.2) is 42.7 Å². The van der Waals surface area contributed by atoms with Crippen molar-refractivity contribution in [2.24, 2.45) is 5.92 Å². The van der Waals surface area contributed by atoms with Gasteiger partial charge in [0.25, 0.3) is 0 Å². The van der Waals surface area contributed by atoms with Crippen molar-refractivity contribution in [1.29, 1.82) is 0 Å². The molecule has 1 atom stereocenters. The minimum absolute atomic E-state index is 0.0566. The maximum atomic E-state index is 12.9. The van der Waals surface area contributed by atoms with Gasteiger partial charge in [0.05, 0.1) is 18.7 Å². The molecule has 0 aliphatic carbocycles. The zero-order valence-electron chi connectivity index (χ0n) is 16.9. The van der Waals surface area contributed by atoms with E-state index in [0.717, 1.165) is 31.0 Å². The molecule has 0 spiro atoms. The van der Waals surface area contributed by atoms with Crippen molar-refractivity contribution in [2.45, 2.75) is 19.8 Å². The number of amides is 1. The lowest BCUT2D eigenvalue weighted by molar-refractivity contribution is -0.120. The lowest BCUT2D eigenvalue weighted by atomic mass is 9.97. The van der Waals surface area contributed by atoms with Crippen molar-refractivity contribution in [3.8, 4) is 11.6 Å². The summed E-state index contributed by atoms with van der Waals surface area (Å²) < 4.78 is 7.20. The number of imidazole rings is 1. The number of aromatic nitrogens is 4. The molecule has 3 heterocycles. The number of hydrogen-bond donors (Lipinski definition) is 1. The van der Waals surface area contributed by atoms with Crippen LogP contribution < -0.4 is 15.0 Å². The van der Waals surface area contributed by atoms with Crippen molar-refractivity contribution < 1.29 is 9.53 Å². The van der Waals surface area contributed by atoms with E-state index in [2.05, 4.69) is 25.4 Å². The van der Waals surface area contributed by atoms with Gasteiger partial charge < -0.3 is 15.0 Å². The minimum atomic E-state index is -0.167. The second-order valence-corrected chi connectivity index (χ2v) is 7.65. The predicted molar refractivity (Wildman–Crippen MR) is 115 cm³/mol. The van der Waals surface area contributed by atoms with E-state index in [1.807, 2.05) is 29.8 Å². The van der Waals surface area contributed by atoms with Gasteiger partial charge in [-0.3, -0.25) is 9.36 Å². The molecule has 1 fully saturated rings. The van der Waals surface area contributed by atoms with Crippen molar-refractivity contribution >= 4 is 29.0 Å². The summed E-state index contributed by atoms with van der Waals surface area (Å²) in [5, 5.41) is 12.2. The summed E-state index contributed by atoms with van der Waals surface area (Å²) in [4.78, 5) is 19.2. The third-order valence-electron chi connectivity index (χ3n) is 5.24. The first-order valence-electron chi connectivity index (χ1n) is 9.78. The highest BCUT2D eigenvalue weighted by atomic mass is 35.5. The molecule has 0 radical (unpaired) electrons. The van der Waals surface area contributed by atoms with Crippen LogP contribution in [-0.2, 0) is 4.79 Å². The number of carbonyl (C=O) groups is 1. The number of halogens is 1. The van der Waals surface area contributed by atoms with Crippen molar-refractivity contribution in [1.82, 2.24) is 19.7 Å². The zero-order chi connectivity index (χ0) is 21.1. The third kappa shape index (κ3) is 4.23. The number of carbonyl (C=O) groups excluding carboxylic acids is 1. The van der Waals surface area contributed by atoms with Crippen LogP contribution in [0.25, 0.3) is 5.82 Å². The zero-order valence-corrected chi connectivity index (χ0v) is 17.6. The first kappa shape index (κ1) is 20.2. The lowest BCUT2D eigenvalue weighted by Gasteiger charge is -2.32. The van der Waals surface area contributed by atoms with Crippen LogP contribution in [0.1, 0.15) is 18.7 Å². The van der Waals surface area contributed by atoms with E-state index in [1.165, 1.54) is 0 Å². The molecule has 0 bridgehead atoms. The van der Waals surface area contributed by atoms with Gasteiger partial charge >= 0.3 is 0 Å². The Morgan fingerprint density at radius 2 is 2.03 bits per heavy atom. The van der Waals surface area contributed by atoms with Gasteiger partial charge in [-0.05, 0) is 50.1 Å². The SMILES string of the molecule is COc1ccc(Cl)cc1NC(=O)C1CCCN(c2ccc(-n3ccnc3C)nn2)C1. The monoisotopic (exact) mass is 426 g/mol. The molecule has 3 aromatic rings. The number of nitrogens with zero attached hydrogens (tertiary/aromatic N) is 5. The standard InChI is InChI=1S/C21H23ClN6O2/c1-14-23-9-11-28(14)20-8-7-19(25-26-20)27-10-3-4-15(13-27)21(29)24-17-12-16(22)5-6-18(17)30-2/h5-9,11-12,15H,3-4,10,13H2,1-2H3,(H,24,29). The van der Waals surface area contributed by atoms with Gasteiger partial charge in [-0.2, -0.15) is 0 Å². The fourth-order valence-electron chi connectivity index (χ4n) is 3.65. The Kier molecular flexibility index (Phi) is 5.85. The first-order chi connectivity index (χ1) is 14.5. The highest BCUT2D eigenvalue weighted by Gasteiger charge is 2.27. The van der Waals surface area contributed by atoms with E-state index in [1.54, 1.807) is 31.5 Å². The molecule has 1 aromatic carbocycles. The van der Waals surface area contributed by atoms with Crippen LogP contribution in [-0.4, -0.2) is 45.9 Å². The molecule has 1 amide bonds. The summed E-state index contributed by atoms with van der Waals surface area (Å²) >= 11 is 6.07. The van der Waals surface area contributed by atoms with Crippen LogP contribution in [0.2, 0.25) is 5.02 Å². The quantitative estimate of drug-likeness (QED) is 0.672. The molecule has 0 saturated carbocycles. The number of methoxy groups -OCH3 is 1. The number of aryl methyl sites for hydroxylation is 1. The smallest absolute Gasteiger partial charge is 0.229 e. The molecule has 1 saturated heterocycles. The molecule has 2 aromatic heterocycles. The molecule has 1 aliphatic heterocycles. The van der Waals surface area contributed by atoms with E-state index in [9.17, 15) is 4.79 Å². The number of ether oxygens (including phenoxy) is 1. The molecule has 4 rings (SSSR count). The maximum Gasteiger partial charge on any atom is 0.229 e. The predicted octanol–water partition coefficient (Wildman–Crippen LogP) is 3.49. The van der Waals surface area contributed by atoms with Crippen LogP contribution in [0.3, 0.4) is 0 Å². The molecule has 9 heteroatoms. The van der Waals surface area contributed by atoms with Gasteiger partial charge in [-0.25, -0.2) is 4.98 Å². The Balaban J connectivity index is 1.45. The first-order valence-corrected chi connectivity index (χ1v) is 10.2. The van der Waals surface area contributed by atoms with Crippen LogP contribution in [0.4, 0.5) is 11.5 Å². The van der Waals surface area contributed by atoms with E-state index in [0.29, 0.717) is 28.8 Å². The topological polar surface area (TPSA) is 85.2 Å². The number of piperidine rings is 1. The van der Waals surface area contributed by atoms with E-state index < -0.39 is 0 Å². The molecule has 8 nitrogen and oxygen atoms in total. The van der Waals surface area contributed by atoms with Crippen molar-refractivity contribution in [3.63, 3.8) is 0 Å². The number of nitrogens with one attached hydrogen (secondary N) is 1. The normalized spacial score (nSPS) is 16.4. The lowest BCUT2D eigenvalue weighted by Crippen LogP contribution is -2.41. The summed E-state index contributed by atoms with van der Waals surface area (Å²) in [5.41, 5.74) is 0.576. The fourth-order valence-corrected chi connectivity index (χ4v) is 3.82.